The Kier molecular flexibility index (Phi) is 6.03. The average molecular weight is 558 g/mol. The van der Waals surface area contributed by atoms with Crippen molar-refractivity contribution in [1.82, 2.24) is 24.9 Å². The summed E-state index contributed by atoms with van der Waals surface area (Å²) in [5.74, 6) is 1.37. The third-order valence-corrected chi connectivity index (χ3v) is 7.96. The number of hydrogen-bond donors (Lipinski definition) is 5. The highest BCUT2D eigenvalue weighted by Crippen LogP contribution is 2.38. The van der Waals surface area contributed by atoms with E-state index in [1.165, 1.54) is 0 Å². The van der Waals surface area contributed by atoms with E-state index < -0.39 is 0 Å². The quantitative estimate of drug-likeness (QED) is 0.131. The molecule has 0 atom stereocenters. The van der Waals surface area contributed by atoms with Crippen LogP contribution in [0, 0.1) is 0 Å². The molecule has 0 saturated heterocycles. The van der Waals surface area contributed by atoms with Gasteiger partial charge in [0.15, 0.2) is 0 Å². The van der Waals surface area contributed by atoms with Gasteiger partial charge in [0.25, 0.3) is 0 Å². The Balaban J connectivity index is 1.21. The third kappa shape index (κ3) is 5.03. The van der Waals surface area contributed by atoms with Crippen molar-refractivity contribution >= 4 is 33.7 Å². The third-order valence-electron chi connectivity index (χ3n) is 7.96. The first-order valence-corrected chi connectivity index (χ1v) is 14.5. The Hall–Kier alpha value is -4.89. The van der Waals surface area contributed by atoms with Crippen LogP contribution >= 0.6 is 0 Å². The zero-order valence-corrected chi connectivity index (χ0v) is 23.0. The molecule has 0 spiro atoms. The Bertz CT molecular complexity index is 1730. The standard InChI is InChI=1S/C33H31N7O2/c41-18-22-10-9-21(17-29(22)42-33-39-31(34-23-11-12-23)38-32(40-33)35-24-13-14-24)30(27-15-19-5-1-3-7-25(19)36-27)28-16-20-6-2-4-8-26(20)37-28/h1-10,15-17,23-24,30,36-37,41H,11-14,18H2,(H2,34,35,38,39,40). The number of para-hydroxylation sites is 2. The molecule has 8 rings (SSSR count). The first kappa shape index (κ1) is 24.9. The minimum absolute atomic E-state index is 0.141. The monoisotopic (exact) mass is 557 g/mol. The highest BCUT2D eigenvalue weighted by Gasteiger charge is 2.26. The van der Waals surface area contributed by atoms with Crippen molar-refractivity contribution in [3.63, 3.8) is 0 Å². The van der Waals surface area contributed by atoms with E-state index in [-0.39, 0.29) is 18.5 Å². The second-order valence-corrected chi connectivity index (χ2v) is 11.3. The number of aromatic nitrogens is 5. The number of aliphatic hydroxyl groups excluding tert-OH is 1. The molecule has 0 aliphatic heterocycles. The fourth-order valence-electron chi connectivity index (χ4n) is 5.46. The van der Waals surface area contributed by atoms with E-state index in [0.717, 1.165) is 64.4 Å². The van der Waals surface area contributed by atoms with Crippen molar-refractivity contribution in [2.75, 3.05) is 10.6 Å². The number of ether oxygens (including phenoxy) is 1. The number of aromatic amines is 2. The summed E-state index contributed by atoms with van der Waals surface area (Å²) in [7, 11) is 0. The molecule has 9 heteroatoms. The predicted molar refractivity (Wildman–Crippen MR) is 163 cm³/mol. The SMILES string of the molecule is OCc1ccc(C(c2cc3ccccc3[nH]2)c2cc3ccccc3[nH]2)cc1Oc1nc(NC2CC2)nc(NC2CC2)n1. The number of H-pyrrole nitrogens is 2. The molecular formula is C33H31N7O2. The van der Waals surface area contributed by atoms with Crippen molar-refractivity contribution in [2.45, 2.75) is 50.3 Å². The molecule has 5 N–H and O–H groups in total. The molecule has 9 nitrogen and oxygen atoms in total. The van der Waals surface area contributed by atoms with E-state index >= 15 is 0 Å². The minimum Gasteiger partial charge on any atom is -0.424 e. The second-order valence-electron chi connectivity index (χ2n) is 11.3. The summed E-state index contributed by atoms with van der Waals surface area (Å²) in [6.45, 7) is -0.176. The molecule has 0 unspecified atom stereocenters. The van der Waals surface area contributed by atoms with Crippen molar-refractivity contribution < 1.29 is 9.84 Å². The van der Waals surface area contributed by atoms with E-state index in [1.54, 1.807) is 0 Å². The normalized spacial score (nSPS) is 15.0. The summed E-state index contributed by atoms with van der Waals surface area (Å²) in [6.07, 6.45) is 4.42. The number of aliphatic hydroxyl groups is 1. The Labute approximate surface area is 242 Å². The second kappa shape index (κ2) is 10.2. The summed E-state index contributed by atoms with van der Waals surface area (Å²) in [5, 5.41) is 19.3. The van der Waals surface area contributed by atoms with Crippen LogP contribution in [-0.4, -0.2) is 42.1 Å². The molecule has 3 aromatic heterocycles. The zero-order valence-electron chi connectivity index (χ0n) is 23.0. The summed E-state index contributed by atoms with van der Waals surface area (Å²) in [5.41, 5.74) is 5.92. The van der Waals surface area contributed by atoms with Gasteiger partial charge in [-0.15, -0.1) is 0 Å². The zero-order chi connectivity index (χ0) is 28.0. The number of anilines is 2. The molecule has 2 fully saturated rings. The molecule has 0 bridgehead atoms. The van der Waals surface area contributed by atoms with Gasteiger partial charge in [0.1, 0.15) is 5.75 Å². The van der Waals surface area contributed by atoms with Crippen LogP contribution in [0.1, 0.15) is 54.1 Å². The van der Waals surface area contributed by atoms with Crippen LogP contribution in [0.5, 0.6) is 11.8 Å². The maximum Gasteiger partial charge on any atom is 0.328 e. The summed E-state index contributed by atoms with van der Waals surface area (Å²) in [6, 6.07) is 27.9. The molecule has 2 aliphatic rings. The van der Waals surface area contributed by atoms with Crippen LogP contribution < -0.4 is 15.4 Å². The van der Waals surface area contributed by atoms with Crippen LogP contribution in [0.25, 0.3) is 21.8 Å². The molecule has 6 aromatic rings. The van der Waals surface area contributed by atoms with Gasteiger partial charge in [0.2, 0.25) is 11.9 Å². The lowest BCUT2D eigenvalue weighted by Gasteiger charge is -2.18. The first-order chi connectivity index (χ1) is 20.7. The number of benzene rings is 3. The molecule has 210 valence electrons. The fourth-order valence-corrected chi connectivity index (χ4v) is 5.46. The molecule has 0 amide bonds. The first-order valence-electron chi connectivity index (χ1n) is 14.5. The minimum atomic E-state index is -0.176. The van der Waals surface area contributed by atoms with Gasteiger partial charge in [0.05, 0.1) is 12.5 Å². The van der Waals surface area contributed by atoms with Gasteiger partial charge in [-0.05, 0) is 72.4 Å². The Morgan fingerprint density at radius 2 is 1.31 bits per heavy atom. The largest absolute Gasteiger partial charge is 0.424 e. The van der Waals surface area contributed by atoms with Gasteiger partial charge < -0.3 is 30.4 Å². The molecule has 42 heavy (non-hydrogen) atoms. The predicted octanol–water partition coefficient (Wildman–Crippen LogP) is 6.45. The molecular weight excluding hydrogens is 526 g/mol. The van der Waals surface area contributed by atoms with Crippen LogP contribution in [0.4, 0.5) is 11.9 Å². The number of rotatable bonds is 10. The number of nitrogens with zero attached hydrogens (tertiary/aromatic N) is 3. The number of hydrogen-bond acceptors (Lipinski definition) is 7. The van der Waals surface area contributed by atoms with Gasteiger partial charge in [-0.1, -0.05) is 48.5 Å². The average Bonchev–Trinajstić information content (AvgIpc) is 3.91. The summed E-state index contributed by atoms with van der Waals surface area (Å²) in [4.78, 5) is 21.0. The number of nitrogens with one attached hydrogen (secondary N) is 4. The molecule has 0 radical (unpaired) electrons. The van der Waals surface area contributed by atoms with Crippen LogP contribution in [0.2, 0.25) is 0 Å². The highest BCUT2D eigenvalue weighted by atomic mass is 16.5. The summed E-state index contributed by atoms with van der Waals surface area (Å²) < 4.78 is 6.34. The lowest BCUT2D eigenvalue weighted by molar-refractivity contribution is 0.275. The molecule has 2 aliphatic carbocycles. The van der Waals surface area contributed by atoms with Gasteiger partial charge in [-0.2, -0.15) is 15.0 Å². The van der Waals surface area contributed by atoms with Crippen molar-refractivity contribution in [3.05, 3.63) is 101 Å². The van der Waals surface area contributed by atoms with Crippen molar-refractivity contribution in [2.24, 2.45) is 0 Å². The van der Waals surface area contributed by atoms with E-state index in [0.29, 0.717) is 35.3 Å². The lowest BCUT2D eigenvalue weighted by atomic mass is 9.91. The van der Waals surface area contributed by atoms with E-state index in [1.807, 2.05) is 42.5 Å². The molecule has 3 aromatic carbocycles. The van der Waals surface area contributed by atoms with Crippen LogP contribution in [-0.2, 0) is 6.61 Å². The maximum atomic E-state index is 10.2. The molecule has 2 saturated carbocycles. The molecule has 3 heterocycles. The van der Waals surface area contributed by atoms with Crippen LogP contribution in [0.15, 0.2) is 78.9 Å². The van der Waals surface area contributed by atoms with E-state index in [2.05, 4.69) is 72.0 Å². The topological polar surface area (TPSA) is 124 Å². The van der Waals surface area contributed by atoms with Gasteiger partial charge in [-0.25, -0.2) is 0 Å². The van der Waals surface area contributed by atoms with Crippen molar-refractivity contribution in [3.8, 4) is 11.8 Å². The smallest absolute Gasteiger partial charge is 0.328 e. The number of fused-ring (bicyclic) bond motifs is 2. The highest BCUT2D eigenvalue weighted by molar-refractivity contribution is 5.83. The van der Waals surface area contributed by atoms with Gasteiger partial charge in [-0.3, -0.25) is 0 Å². The maximum absolute atomic E-state index is 10.2. The van der Waals surface area contributed by atoms with E-state index in [9.17, 15) is 5.11 Å². The Morgan fingerprint density at radius 3 is 1.83 bits per heavy atom. The van der Waals surface area contributed by atoms with Gasteiger partial charge >= 0.3 is 6.01 Å². The Morgan fingerprint density at radius 1 is 0.738 bits per heavy atom. The van der Waals surface area contributed by atoms with Gasteiger partial charge in [0, 0.05) is 40.1 Å². The van der Waals surface area contributed by atoms with Crippen LogP contribution in [0.3, 0.4) is 0 Å². The van der Waals surface area contributed by atoms with E-state index in [4.69, 9.17) is 4.74 Å². The lowest BCUT2D eigenvalue weighted by Crippen LogP contribution is -2.12. The fraction of sp³-hybridized carbons (Fsp3) is 0.242. The van der Waals surface area contributed by atoms with Crippen molar-refractivity contribution in [1.29, 1.82) is 0 Å². The summed E-state index contributed by atoms with van der Waals surface area (Å²) >= 11 is 0.